The van der Waals surface area contributed by atoms with Crippen LogP contribution in [-0.4, -0.2) is 55.5 Å². The molecule has 9 heteroatoms. The van der Waals surface area contributed by atoms with Gasteiger partial charge < -0.3 is 25.6 Å². The molecule has 0 unspecified atom stereocenters. The predicted molar refractivity (Wildman–Crippen MR) is 125 cm³/mol. The highest BCUT2D eigenvalue weighted by Crippen LogP contribution is 2.25. The van der Waals surface area contributed by atoms with Crippen molar-refractivity contribution in [2.24, 2.45) is 0 Å². The maximum absolute atomic E-state index is 12.6. The zero-order valence-corrected chi connectivity index (χ0v) is 18.7. The van der Waals surface area contributed by atoms with Gasteiger partial charge in [-0.25, -0.2) is 0 Å². The van der Waals surface area contributed by atoms with Gasteiger partial charge in [0.2, 0.25) is 11.8 Å². The van der Waals surface area contributed by atoms with E-state index in [0.717, 1.165) is 6.42 Å². The van der Waals surface area contributed by atoms with Gasteiger partial charge in [0.25, 0.3) is 5.91 Å². The number of hydrogen-bond acceptors (Lipinski definition) is 5. The minimum absolute atomic E-state index is 0.0159. The number of halogens is 1. The molecule has 3 rings (SSSR count). The lowest BCUT2D eigenvalue weighted by molar-refractivity contribution is -0.116. The van der Waals surface area contributed by atoms with E-state index >= 15 is 0 Å². The molecule has 0 spiro atoms. The molecule has 1 heterocycles. The van der Waals surface area contributed by atoms with Gasteiger partial charge in [-0.1, -0.05) is 24.6 Å². The van der Waals surface area contributed by atoms with E-state index in [1.165, 1.54) is 0 Å². The lowest BCUT2D eigenvalue weighted by Crippen LogP contribution is -2.40. The van der Waals surface area contributed by atoms with Crippen molar-refractivity contribution < 1.29 is 19.1 Å². The van der Waals surface area contributed by atoms with Gasteiger partial charge in [-0.15, -0.1) is 0 Å². The number of carbonyl (C=O) groups excluding carboxylic acids is 3. The Morgan fingerprint density at radius 1 is 1.00 bits per heavy atom. The molecule has 8 nitrogen and oxygen atoms in total. The number of carbonyl (C=O) groups is 3. The van der Waals surface area contributed by atoms with Crippen LogP contribution >= 0.6 is 11.6 Å². The molecule has 1 saturated heterocycles. The highest BCUT2D eigenvalue weighted by molar-refractivity contribution is 6.33. The highest BCUT2D eigenvalue weighted by atomic mass is 35.5. The second-order valence-corrected chi connectivity index (χ2v) is 7.79. The number of rotatable bonds is 8. The standard InChI is InChI=1S/C23H27ClN4O4/c1-2-4-21(29)26-18-7-8-19(24)20(14-18)27-22(30)15-25-17-6-3-5-16(13-17)23(31)28-9-11-32-12-10-28/h3,5-8,13-14,25H,2,4,9-12,15H2,1H3,(H,26,29)(H,27,30). The molecule has 3 amide bonds. The summed E-state index contributed by atoms with van der Waals surface area (Å²) in [6, 6.07) is 12.0. The van der Waals surface area contributed by atoms with Crippen molar-refractivity contribution in [1.82, 2.24) is 4.90 Å². The van der Waals surface area contributed by atoms with Crippen LogP contribution in [0.4, 0.5) is 17.1 Å². The Morgan fingerprint density at radius 2 is 1.78 bits per heavy atom. The molecular weight excluding hydrogens is 432 g/mol. The largest absolute Gasteiger partial charge is 0.378 e. The van der Waals surface area contributed by atoms with E-state index in [2.05, 4.69) is 16.0 Å². The fraction of sp³-hybridized carbons (Fsp3) is 0.348. The first kappa shape index (κ1) is 23.6. The second kappa shape index (κ2) is 11.5. The van der Waals surface area contributed by atoms with Crippen molar-refractivity contribution in [3.05, 3.63) is 53.1 Å². The molecule has 1 aliphatic rings. The number of ether oxygens (including phenoxy) is 1. The minimum Gasteiger partial charge on any atom is -0.378 e. The smallest absolute Gasteiger partial charge is 0.254 e. The maximum atomic E-state index is 12.6. The molecule has 2 aromatic rings. The van der Waals surface area contributed by atoms with Crippen LogP contribution < -0.4 is 16.0 Å². The SMILES string of the molecule is CCCC(=O)Nc1ccc(Cl)c(NC(=O)CNc2cccc(C(=O)N3CCOCC3)c2)c1. The highest BCUT2D eigenvalue weighted by Gasteiger charge is 2.18. The fourth-order valence-electron chi connectivity index (χ4n) is 3.24. The third-order valence-corrected chi connectivity index (χ3v) is 5.19. The van der Waals surface area contributed by atoms with Gasteiger partial charge in [-0.05, 0) is 42.8 Å². The van der Waals surface area contributed by atoms with E-state index in [1.54, 1.807) is 47.4 Å². The van der Waals surface area contributed by atoms with Crippen molar-refractivity contribution in [2.75, 3.05) is 48.8 Å². The third kappa shape index (κ3) is 6.70. The second-order valence-electron chi connectivity index (χ2n) is 7.38. The third-order valence-electron chi connectivity index (χ3n) is 4.86. The van der Waals surface area contributed by atoms with Crippen LogP contribution in [-0.2, 0) is 14.3 Å². The summed E-state index contributed by atoms with van der Waals surface area (Å²) in [5, 5.41) is 8.91. The lowest BCUT2D eigenvalue weighted by atomic mass is 10.1. The van der Waals surface area contributed by atoms with Crippen molar-refractivity contribution in [1.29, 1.82) is 0 Å². The van der Waals surface area contributed by atoms with Gasteiger partial charge in [0.05, 0.1) is 30.5 Å². The van der Waals surface area contributed by atoms with Crippen LogP contribution in [0.2, 0.25) is 5.02 Å². The Bertz CT molecular complexity index is 976. The Kier molecular flexibility index (Phi) is 8.47. The molecule has 2 aromatic carbocycles. The van der Waals surface area contributed by atoms with Gasteiger partial charge in [0, 0.05) is 36.4 Å². The number of nitrogens with zero attached hydrogens (tertiary/aromatic N) is 1. The molecule has 0 atom stereocenters. The molecule has 0 saturated carbocycles. The van der Waals surface area contributed by atoms with Gasteiger partial charge in [0.1, 0.15) is 0 Å². The summed E-state index contributed by atoms with van der Waals surface area (Å²) in [7, 11) is 0. The molecule has 3 N–H and O–H groups in total. The topological polar surface area (TPSA) is 99.8 Å². The van der Waals surface area contributed by atoms with E-state index in [0.29, 0.717) is 60.4 Å². The van der Waals surface area contributed by atoms with E-state index in [4.69, 9.17) is 16.3 Å². The average molecular weight is 459 g/mol. The van der Waals surface area contributed by atoms with Crippen LogP contribution in [0.3, 0.4) is 0 Å². The summed E-state index contributed by atoms with van der Waals surface area (Å²) in [6.45, 7) is 4.12. The summed E-state index contributed by atoms with van der Waals surface area (Å²) in [4.78, 5) is 38.6. The minimum atomic E-state index is -0.311. The number of hydrogen-bond donors (Lipinski definition) is 3. The number of nitrogens with one attached hydrogen (secondary N) is 3. The average Bonchev–Trinajstić information content (AvgIpc) is 2.80. The first-order valence-corrected chi connectivity index (χ1v) is 10.9. The Labute approximate surface area is 192 Å². The molecule has 0 aliphatic carbocycles. The number of amides is 3. The Morgan fingerprint density at radius 3 is 2.53 bits per heavy atom. The monoisotopic (exact) mass is 458 g/mol. The Balaban J connectivity index is 1.57. The number of morpholine rings is 1. The molecule has 1 fully saturated rings. The lowest BCUT2D eigenvalue weighted by Gasteiger charge is -2.27. The van der Waals surface area contributed by atoms with E-state index in [-0.39, 0.29) is 24.3 Å². The van der Waals surface area contributed by atoms with E-state index in [9.17, 15) is 14.4 Å². The summed E-state index contributed by atoms with van der Waals surface area (Å²) in [5.74, 6) is -0.468. The Hall–Kier alpha value is -3.10. The fourth-order valence-corrected chi connectivity index (χ4v) is 3.40. The van der Waals surface area contributed by atoms with Crippen LogP contribution in [0.5, 0.6) is 0 Å². The summed E-state index contributed by atoms with van der Waals surface area (Å²) in [5.41, 5.74) is 2.18. The van der Waals surface area contributed by atoms with Crippen molar-refractivity contribution >= 4 is 46.4 Å². The molecular formula is C23H27ClN4O4. The van der Waals surface area contributed by atoms with Crippen LogP contribution in [0, 0.1) is 0 Å². The maximum Gasteiger partial charge on any atom is 0.254 e. The first-order valence-electron chi connectivity index (χ1n) is 10.6. The molecule has 1 aliphatic heterocycles. The van der Waals surface area contributed by atoms with Crippen molar-refractivity contribution in [2.45, 2.75) is 19.8 Å². The molecule has 0 bridgehead atoms. The molecule has 170 valence electrons. The van der Waals surface area contributed by atoms with Crippen LogP contribution in [0.1, 0.15) is 30.1 Å². The van der Waals surface area contributed by atoms with E-state index in [1.807, 2.05) is 6.92 Å². The van der Waals surface area contributed by atoms with Gasteiger partial charge >= 0.3 is 0 Å². The van der Waals surface area contributed by atoms with Gasteiger partial charge in [0.15, 0.2) is 0 Å². The normalized spacial score (nSPS) is 13.4. The van der Waals surface area contributed by atoms with Crippen molar-refractivity contribution in [3.63, 3.8) is 0 Å². The summed E-state index contributed by atoms with van der Waals surface area (Å²) in [6.07, 6.45) is 1.16. The quantitative estimate of drug-likeness (QED) is 0.561. The molecule has 32 heavy (non-hydrogen) atoms. The van der Waals surface area contributed by atoms with Crippen LogP contribution in [0.25, 0.3) is 0 Å². The molecule has 0 aromatic heterocycles. The number of benzene rings is 2. The van der Waals surface area contributed by atoms with Crippen LogP contribution in [0.15, 0.2) is 42.5 Å². The summed E-state index contributed by atoms with van der Waals surface area (Å²) < 4.78 is 5.29. The summed E-state index contributed by atoms with van der Waals surface area (Å²) >= 11 is 6.19. The van der Waals surface area contributed by atoms with Gasteiger partial charge in [-0.2, -0.15) is 0 Å². The van der Waals surface area contributed by atoms with E-state index < -0.39 is 0 Å². The van der Waals surface area contributed by atoms with Gasteiger partial charge in [-0.3, -0.25) is 14.4 Å². The first-order chi connectivity index (χ1) is 15.5. The van der Waals surface area contributed by atoms with Crippen molar-refractivity contribution in [3.8, 4) is 0 Å². The molecule has 0 radical (unpaired) electrons. The number of anilines is 3. The predicted octanol–water partition coefficient (Wildman–Crippen LogP) is 3.60. The zero-order valence-electron chi connectivity index (χ0n) is 17.9. The zero-order chi connectivity index (χ0) is 22.9.